The molecule has 138 valence electrons. The highest BCUT2D eigenvalue weighted by Gasteiger charge is 2.21. The first kappa shape index (κ1) is 17.1. The lowest BCUT2D eigenvalue weighted by Crippen LogP contribution is -2.34. The molecular formula is C20H21N5O2. The van der Waals surface area contributed by atoms with E-state index in [1.807, 2.05) is 61.8 Å². The van der Waals surface area contributed by atoms with Crippen molar-refractivity contribution < 1.29 is 9.53 Å². The standard InChI is InChI=1S/C20H21N5O2/c1-20(2,3)27-19(26)24(4)13-5-6-17-23-11-16(25(17)12-13)18-14-7-9-21-15(14)8-10-22-18/h5-12,21H,1-4H3. The number of rotatable bonds is 2. The lowest BCUT2D eigenvalue weighted by Gasteiger charge is -2.24. The summed E-state index contributed by atoms with van der Waals surface area (Å²) in [6.45, 7) is 5.54. The zero-order chi connectivity index (χ0) is 19.2. The molecule has 0 aromatic carbocycles. The zero-order valence-corrected chi connectivity index (χ0v) is 15.7. The predicted octanol–water partition coefficient (Wildman–Crippen LogP) is 4.25. The van der Waals surface area contributed by atoms with E-state index in [1.165, 1.54) is 4.90 Å². The fourth-order valence-electron chi connectivity index (χ4n) is 2.97. The minimum absolute atomic E-state index is 0.408. The maximum Gasteiger partial charge on any atom is 0.414 e. The Hall–Kier alpha value is -3.35. The number of amides is 1. The summed E-state index contributed by atoms with van der Waals surface area (Å²) < 4.78 is 7.39. The van der Waals surface area contributed by atoms with Gasteiger partial charge in [-0.15, -0.1) is 0 Å². The number of anilines is 1. The van der Waals surface area contributed by atoms with E-state index in [2.05, 4.69) is 15.0 Å². The van der Waals surface area contributed by atoms with E-state index in [-0.39, 0.29) is 0 Å². The molecule has 4 heterocycles. The highest BCUT2D eigenvalue weighted by atomic mass is 16.6. The average Bonchev–Trinajstić information content (AvgIpc) is 3.25. The van der Waals surface area contributed by atoms with E-state index in [0.29, 0.717) is 5.69 Å². The molecule has 1 amide bonds. The molecule has 0 aliphatic rings. The second kappa shape index (κ2) is 6.12. The van der Waals surface area contributed by atoms with Crippen molar-refractivity contribution in [2.75, 3.05) is 11.9 Å². The van der Waals surface area contributed by atoms with Crippen molar-refractivity contribution in [2.24, 2.45) is 0 Å². The number of imidazole rings is 1. The Morgan fingerprint density at radius 2 is 2.00 bits per heavy atom. The summed E-state index contributed by atoms with van der Waals surface area (Å²) in [6, 6.07) is 7.65. The van der Waals surface area contributed by atoms with E-state index >= 15 is 0 Å². The summed E-state index contributed by atoms with van der Waals surface area (Å²) in [5, 5.41) is 1.02. The molecule has 0 bridgehead atoms. The summed E-state index contributed by atoms with van der Waals surface area (Å²) in [5.41, 5.74) is 3.63. The summed E-state index contributed by atoms with van der Waals surface area (Å²) in [7, 11) is 1.69. The van der Waals surface area contributed by atoms with Gasteiger partial charge in [-0.05, 0) is 45.0 Å². The van der Waals surface area contributed by atoms with Gasteiger partial charge in [0.25, 0.3) is 0 Å². The molecule has 0 saturated heterocycles. The van der Waals surface area contributed by atoms with Crippen molar-refractivity contribution in [3.05, 3.63) is 49.1 Å². The van der Waals surface area contributed by atoms with Crippen molar-refractivity contribution in [1.29, 1.82) is 0 Å². The molecule has 0 fully saturated rings. The van der Waals surface area contributed by atoms with Crippen LogP contribution < -0.4 is 4.90 Å². The minimum atomic E-state index is -0.552. The van der Waals surface area contributed by atoms with Crippen LogP contribution in [0.4, 0.5) is 10.5 Å². The summed E-state index contributed by atoms with van der Waals surface area (Å²) in [5.74, 6) is 0. The Balaban J connectivity index is 1.78. The fraction of sp³-hybridized carbons (Fsp3) is 0.250. The van der Waals surface area contributed by atoms with Gasteiger partial charge in [0.05, 0.1) is 23.3 Å². The van der Waals surface area contributed by atoms with Crippen LogP contribution in [-0.2, 0) is 4.74 Å². The zero-order valence-electron chi connectivity index (χ0n) is 15.7. The van der Waals surface area contributed by atoms with E-state index in [1.54, 1.807) is 19.4 Å². The van der Waals surface area contributed by atoms with Crippen LogP contribution in [0.3, 0.4) is 0 Å². The number of pyridine rings is 2. The van der Waals surface area contributed by atoms with Crippen LogP contribution in [0.2, 0.25) is 0 Å². The largest absolute Gasteiger partial charge is 0.443 e. The van der Waals surface area contributed by atoms with Crippen molar-refractivity contribution in [3.63, 3.8) is 0 Å². The van der Waals surface area contributed by atoms with Gasteiger partial charge in [-0.2, -0.15) is 0 Å². The highest BCUT2D eigenvalue weighted by Crippen LogP contribution is 2.28. The number of carbonyl (C=O) groups is 1. The first-order chi connectivity index (χ1) is 12.8. The van der Waals surface area contributed by atoms with Gasteiger partial charge < -0.3 is 9.72 Å². The molecule has 7 nitrogen and oxygen atoms in total. The predicted molar refractivity (Wildman–Crippen MR) is 105 cm³/mol. The quantitative estimate of drug-likeness (QED) is 0.578. The van der Waals surface area contributed by atoms with Crippen LogP contribution in [-0.4, -0.2) is 38.1 Å². The van der Waals surface area contributed by atoms with Gasteiger partial charge in [0.2, 0.25) is 0 Å². The number of aromatic amines is 1. The molecule has 0 atom stereocenters. The van der Waals surface area contributed by atoms with Crippen LogP contribution in [0.15, 0.2) is 49.1 Å². The molecule has 4 aromatic heterocycles. The number of nitrogens with zero attached hydrogens (tertiary/aromatic N) is 4. The van der Waals surface area contributed by atoms with Crippen LogP contribution >= 0.6 is 0 Å². The van der Waals surface area contributed by atoms with Gasteiger partial charge in [0, 0.05) is 36.5 Å². The van der Waals surface area contributed by atoms with Crippen molar-refractivity contribution in [3.8, 4) is 11.4 Å². The van der Waals surface area contributed by atoms with E-state index < -0.39 is 11.7 Å². The van der Waals surface area contributed by atoms with Crippen molar-refractivity contribution in [1.82, 2.24) is 19.4 Å². The maximum atomic E-state index is 12.4. The second-order valence-corrected chi connectivity index (χ2v) is 7.40. The lowest BCUT2D eigenvalue weighted by atomic mass is 10.2. The van der Waals surface area contributed by atoms with Crippen LogP contribution in [0, 0.1) is 0 Å². The number of ether oxygens (including phenoxy) is 1. The lowest BCUT2D eigenvalue weighted by molar-refractivity contribution is 0.0589. The Bertz CT molecular complexity index is 1140. The third kappa shape index (κ3) is 3.12. The van der Waals surface area contributed by atoms with Gasteiger partial charge in [-0.25, -0.2) is 9.78 Å². The van der Waals surface area contributed by atoms with Crippen LogP contribution in [0.5, 0.6) is 0 Å². The number of carbonyl (C=O) groups excluding carboxylic acids is 1. The molecule has 0 saturated carbocycles. The molecule has 0 aliphatic carbocycles. The number of H-pyrrole nitrogens is 1. The molecule has 0 radical (unpaired) electrons. The Morgan fingerprint density at radius 1 is 1.19 bits per heavy atom. The maximum absolute atomic E-state index is 12.4. The van der Waals surface area contributed by atoms with Crippen molar-refractivity contribution >= 4 is 28.3 Å². The molecule has 0 spiro atoms. The summed E-state index contributed by atoms with van der Waals surface area (Å²) in [4.78, 5) is 26.1. The molecule has 1 N–H and O–H groups in total. The molecule has 0 aliphatic heterocycles. The highest BCUT2D eigenvalue weighted by molar-refractivity contribution is 5.92. The number of fused-ring (bicyclic) bond motifs is 2. The summed E-state index contributed by atoms with van der Waals surface area (Å²) in [6.07, 6.45) is 6.91. The molecule has 7 heteroatoms. The topological polar surface area (TPSA) is 75.5 Å². The number of hydrogen-bond donors (Lipinski definition) is 1. The molecule has 4 aromatic rings. The van der Waals surface area contributed by atoms with Crippen LogP contribution in [0.25, 0.3) is 27.9 Å². The van der Waals surface area contributed by atoms with E-state index in [4.69, 9.17) is 4.74 Å². The fourth-order valence-corrected chi connectivity index (χ4v) is 2.97. The first-order valence-corrected chi connectivity index (χ1v) is 8.70. The van der Waals surface area contributed by atoms with E-state index in [9.17, 15) is 4.79 Å². The second-order valence-electron chi connectivity index (χ2n) is 7.40. The van der Waals surface area contributed by atoms with Crippen molar-refractivity contribution in [2.45, 2.75) is 26.4 Å². The molecular weight excluding hydrogens is 342 g/mol. The Kier molecular flexibility index (Phi) is 3.87. The van der Waals surface area contributed by atoms with Gasteiger partial charge in [0.15, 0.2) is 0 Å². The smallest absolute Gasteiger partial charge is 0.414 e. The molecule has 4 rings (SSSR count). The Labute approximate surface area is 156 Å². The van der Waals surface area contributed by atoms with Gasteiger partial charge >= 0.3 is 6.09 Å². The summed E-state index contributed by atoms with van der Waals surface area (Å²) >= 11 is 0. The van der Waals surface area contributed by atoms with Gasteiger partial charge in [-0.1, -0.05) is 0 Å². The minimum Gasteiger partial charge on any atom is -0.443 e. The third-order valence-corrected chi connectivity index (χ3v) is 4.27. The van der Waals surface area contributed by atoms with Gasteiger partial charge in [0.1, 0.15) is 11.2 Å². The third-order valence-electron chi connectivity index (χ3n) is 4.27. The van der Waals surface area contributed by atoms with E-state index in [0.717, 1.165) is 27.9 Å². The Morgan fingerprint density at radius 3 is 2.78 bits per heavy atom. The number of hydrogen-bond acceptors (Lipinski definition) is 4. The number of aromatic nitrogens is 4. The van der Waals surface area contributed by atoms with Crippen LogP contribution in [0.1, 0.15) is 20.8 Å². The SMILES string of the molecule is CN(C(=O)OC(C)(C)C)c1ccc2ncc(-c3nccc4[nH]ccc34)n2c1. The first-order valence-electron chi connectivity index (χ1n) is 8.70. The molecule has 27 heavy (non-hydrogen) atoms. The number of nitrogens with one attached hydrogen (secondary N) is 1. The normalized spacial score (nSPS) is 11.9. The molecule has 0 unspecified atom stereocenters. The monoisotopic (exact) mass is 363 g/mol. The average molecular weight is 363 g/mol. The van der Waals surface area contributed by atoms with Gasteiger partial charge in [-0.3, -0.25) is 14.3 Å².